The smallest absolute Gasteiger partial charge is 0.270 e. The Morgan fingerprint density at radius 3 is 2.70 bits per heavy atom. The maximum atomic E-state index is 12.3. The highest BCUT2D eigenvalue weighted by Crippen LogP contribution is 2.27. The Hall–Kier alpha value is -2.44. The number of hydrogen-bond acceptors (Lipinski definition) is 5. The predicted molar refractivity (Wildman–Crippen MR) is 114 cm³/mol. The van der Waals surface area contributed by atoms with Gasteiger partial charge in [-0.3, -0.25) is 4.79 Å². The van der Waals surface area contributed by atoms with Crippen LogP contribution < -0.4 is 10.6 Å². The first kappa shape index (κ1) is 19.3. The second-order valence-electron chi connectivity index (χ2n) is 6.33. The number of anilines is 2. The van der Waals surface area contributed by atoms with Crippen LogP contribution in [0.2, 0.25) is 0 Å². The predicted octanol–water partition coefficient (Wildman–Crippen LogP) is 4.50. The molecule has 6 heteroatoms. The number of hydrogen-bond donors (Lipinski definition) is 2. The third kappa shape index (κ3) is 5.05. The molecule has 0 aliphatic heterocycles. The Kier molecular flexibility index (Phi) is 6.79. The van der Waals surface area contributed by atoms with E-state index in [-0.39, 0.29) is 5.91 Å². The molecule has 3 rings (SSSR count). The summed E-state index contributed by atoms with van der Waals surface area (Å²) < 4.78 is 0. The zero-order valence-corrected chi connectivity index (χ0v) is 16.7. The summed E-state index contributed by atoms with van der Waals surface area (Å²) in [7, 11) is 0. The molecule has 0 atom stereocenters. The van der Waals surface area contributed by atoms with Crippen LogP contribution in [0.15, 0.2) is 47.8 Å². The Labute approximate surface area is 164 Å². The molecule has 0 fully saturated rings. The zero-order chi connectivity index (χ0) is 19.1. The average molecular weight is 383 g/mol. The van der Waals surface area contributed by atoms with Crippen LogP contribution in [0.25, 0.3) is 10.8 Å². The molecule has 0 aliphatic rings. The van der Waals surface area contributed by atoms with E-state index in [0.717, 1.165) is 42.3 Å². The lowest BCUT2D eigenvalue weighted by Crippen LogP contribution is -2.30. The van der Waals surface area contributed by atoms with Crippen molar-refractivity contribution in [2.24, 2.45) is 0 Å². The van der Waals surface area contributed by atoms with Gasteiger partial charge in [-0.2, -0.15) is 0 Å². The highest BCUT2D eigenvalue weighted by atomic mass is 32.1. The molecule has 142 valence electrons. The fourth-order valence-corrected chi connectivity index (χ4v) is 3.72. The fraction of sp³-hybridized carbons (Fsp3) is 0.333. The molecule has 1 amide bonds. The van der Waals surface area contributed by atoms with Gasteiger partial charge in [0.25, 0.3) is 5.91 Å². The third-order valence-electron chi connectivity index (χ3n) is 4.60. The number of nitrogens with zero attached hydrogens (tertiary/aromatic N) is 2. The lowest BCUT2D eigenvalue weighted by Gasteiger charge is -2.17. The van der Waals surface area contributed by atoms with E-state index in [4.69, 9.17) is 0 Å². The molecular weight excluding hydrogens is 356 g/mol. The molecule has 0 spiro atoms. The van der Waals surface area contributed by atoms with E-state index >= 15 is 0 Å². The van der Waals surface area contributed by atoms with E-state index in [2.05, 4.69) is 52.6 Å². The van der Waals surface area contributed by atoms with Crippen LogP contribution in [0.1, 0.15) is 30.8 Å². The molecule has 2 N–H and O–H groups in total. The second-order valence-corrected chi connectivity index (χ2v) is 7.18. The molecule has 5 nitrogen and oxygen atoms in total. The number of fused-ring (bicyclic) bond motifs is 1. The highest BCUT2D eigenvalue weighted by Gasteiger charge is 2.11. The van der Waals surface area contributed by atoms with Crippen molar-refractivity contribution >= 4 is 38.8 Å². The van der Waals surface area contributed by atoms with Crippen molar-refractivity contribution in [2.75, 3.05) is 31.5 Å². The average Bonchev–Trinajstić information content (AvgIpc) is 3.17. The zero-order valence-electron chi connectivity index (χ0n) is 15.9. The Morgan fingerprint density at radius 2 is 1.89 bits per heavy atom. The van der Waals surface area contributed by atoms with Crippen LogP contribution in [0.3, 0.4) is 0 Å². The van der Waals surface area contributed by atoms with Gasteiger partial charge in [-0.05, 0) is 37.5 Å². The summed E-state index contributed by atoms with van der Waals surface area (Å²) in [6, 6.07) is 14.3. The summed E-state index contributed by atoms with van der Waals surface area (Å²) in [6.45, 7) is 8.06. The summed E-state index contributed by atoms with van der Waals surface area (Å²) in [5.41, 5.74) is 1.46. The fourth-order valence-electron chi connectivity index (χ4n) is 3.02. The van der Waals surface area contributed by atoms with Gasteiger partial charge in [0.2, 0.25) is 0 Å². The minimum absolute atomic E-state index is 0.114. The number of benzene rings is 2. The molecule has 0 aliphatic carbocycles. The van der Waals surface area contributed by atoms with Crippen LogP contribution in [-0.4, -0.2) is 42.0 Å². The van der Waals surface area contributed by atoms with Gasteiger partial charge in [0.05, 0.1) is 0 Å². The Bertz CT molecular complexity index is 883. The van der Waals surface area contributed by atoms with E-state index < -0.39 is 0 Å². The minimum atomic E-state index is -0.114. The van der Waals surface area contributed by atoms with E-state index in [0.29, 0.717) is 12.2 Å². The Balaban J connectivity index is 1.57. The number of aromatic nitrogens is 1. The summed E-state index contributed by atoms with van der Waals surface area (Å²) in [6.07, 6.45) is 0.943. The van der Waals surface area contributed by atoms with Gasteiger partial charge in [-0.1, -0.05) is 50.2 Å². The maximum absolute atomic E-state index is 12.3. The second kappa shape index (κ2) is 9.48. The van der Waals surface area contributed by atoms with Gasteiger partial charge < -0.3 is 15.5 Å². The SMILES string of the molecule is CCN(CC)CCCNC(=O)c1csc(Nc2cccc3ccccc23)n1. The van der Waals surface area contributed by atoms with Crippen molar-refractivity contribution in [3.63, 3.8) is 0 Å². The topological polar surface area (TPSA) is 57.3 Å². The first-order valence-electron chi connectivity index (χ1n) is 9.42. The van der Waals surface area contributed by atoms with E-state index in [1.807, 2.05) is 24.3 Å². The van der Waals surface area contributed by atoms with Gasteiger partial charge in [-0.25, -0.2) is 4.98 Å². The largest absolute Gasteiger partial charge is 0.351 e. The summed E-state index contributed by atoms with van der Waals surface area (Å²) in [4.78, 5) is 19.1. The molecule has 0 bridgehead atoms. The summed E-state index contributed by atoms with van der Waals surface area (Å²) in [5.74, 6) is -0.114. The monoisotopic (exact) mass is 382 g/mol. The van der Waals surface area contributed by atoms with E-state index in [9.17, 15) is 4.79 Å². The lowest BCUT2D eigenvalue weighted by atomic mass is 10.1. The third-order valence-corrected chi connectivity index (χ3v) is 5.36. The first-order valence-corrected chi connectivity index (χ1v) is 10.3. The number of rotatable bonds is 9. The summed E-state index contributed by atoms with van der Waals surface area (Å²) in [5, 5.41) is 11.1. The van der Waals surface area contributed by atoms with E-state index in [1.165, 1.54) is 16.7 Å². The number of carbonyl (C=O) groups is 1. The van der Waals surface area contributed by atoms with Crippen molar-refractivity contribution in [1.29, 1.82) is 0 Å². The van der Waals surface area contributed by atoms with Crippen molar-refractivity contribution in [3.8, 4) is 0 Å². The first-order chi connectivity index (χ1) is 13.2. The lowest BCUT2D eigenvalue weighted by molar-refractivity contribution is 0.0947. The van der Waals surface area contributed by atoms with Gasteiger partial charge in [-0.15, -0.1) is 11.3 Å². The van der Waals surface area contributed by atoms with Crippen molar-refractivity contribution in [3.05, 3.63) is 53.5 Å². The van der Waals surface area contributed by atoms with Crippen LogP contribution in [0, 0.1) is 0 Å². The molecule has 0 saturated carbocycles. The number of nitrogens with one attached hydrogen (secondary N) is 2. The van der Waals surface area contributed by atoms with Crippen LogP contribution in [-0.2, 0) is 0 Å². The van der Waals surface area contributed by atoms with Gasteiger partial charge >= 0.3 is 0 Å². The minimum Gasteiger partial charge on any atom is -0.351 e. The normalized spacial score (nSPS) is 11.1. The van der Waals surface area contributed by atoms with Crippen LogP contribution >= 0.6 is 11.3 Å². The molecular formula is C21H26N4OS. The van der Waals surface area contributed by atoms with Gasteiger partial charge in [0.1, 0.15) is 5.69 Å². The molecule has 2 aromatic carbocycles. The molecule has 0 unspecified atom stereocenters. The molecule has 1 aromatic heterocycles. The quantitative estimate of drug-likeness (QED) is 0.535. The molecule has 3 aromatic rings. The number of amides is 1. The van der Waals surface area contributed by atoms with Crippen LogP contribution in [0.5, 0.6) is 0 Å². The summed E-state index contributed by atoms with van der Waals surface area (Å²) >= 11 is 1.44. The standard InChI is InChI=1S/C21H26N4OS/c1-3-25(4-2)14-8-13-22-20(26)19-15-27-21(24-19)23-18-12-7-10-16-9-5-6-11-17(16)18/h5-7,9-12,15H,3-4,8,13-14H2,1-2H3,(H,22,26)(H,23,24). The van der Waals surface area contributed by atoms with Gasteiger partial charge in [0.15, 0.2) is 5.13 Å². The van der Waals surface area contributed by atoms with Crippen molar-refractivity contribution in [1.82, 2.24) is 15.2 Å². The number of carbonyl (C=O) groups excluding carboxylic acids is 1. The van der Waals surface area contributed by atoms with Crippen LogP contribution in [0.4, 0.5) is 10.8 Å². The maximum Gasteiger partial charge on any atom is 0.270 e. The molecule has 0 radical (unpaired) electrons. The van der Waals surface area contributed by atoms with Crippen molar-refractivity contribution < 1.29 is 4.79 Å². The number of thiazole rings is 1. The van der Waals surface area contributed by atoms with Crippen molar-refractivity contribution in [2.45, 2.75) is 20.3 Å². The Morgan fingerprint density at radius 1 is 1.11 bits per heavy atom. The highest BCUT2D eigenvalue weighted by molar-refractivity contribution is 7.14. The molecule has 1 heterocycles. The van der Waals surface area contributed by atoms with Gasteiger partial charge in [0, 0.05) is 23.0 Å². The van der Waals surface area contributed by atoms with E-state index in [1.54, 1.807) is 5.38 Å². The molecule has 27 heavy (non-hydrogen) atoms. The molecule has 0 saturated heterocycles.